The van der Waals surface area contributed by atoms with Crippen molar-refractivity contribution in [2.75, 3.05) is 26.1 Å². The predicted molar refractivity (Wildman–Crippen MR) is 80.7 cm³/mol. The number of rotatable bonds is 8. The van der Waals surface area contributed by atoms with Crippen LogP contribution in [0.4, 0.5) is 11.4 Å². The molecule has 0 aliphatic rings. The summed E-state index contributed by atoms with van der Waals surface area (Å²) >= 11 is 0. The lowest BCUT2D eigenvalue weighted by molar-refractivity contribution is -0.384. The van der Waals surface area contributed by atoms with Gasteiger partial charge >= 0.3 is 0 Å². The number of methoxy groups -OCH3 is 1. The zero-order valence-corrected chi connectivity index (χ0v) is 12.5. The van der Waals surface area contributed by atoms with Gasteiger partial charge in [-0.05, 0) is 18.6 Å². The Bertz CT molecular complexity index is 499. The molecule has 0 saturated carbocycles. The molecule has 0 saturated heterocycles. The lowest BCUT2D eigenvalue weighted by atomic mass is 10.1. The van der Waals surface area contributed by atoms with Crippen molar-refractivity contribution in [3.63, 3.8) is 0 Å². The summed E-state index contributed by atoms with van der Waals surface area (Å²) in [7, 11) is 3.10. The van der Waals surface area contributed by atoms with E-state index in [-0.39, 0.29) is 17.6 Å². The maximum Gasteiger partial charge on any atom is 0.292 e. The van der Waals surface area contributed by atoms with Gasteiger partial charge in [0.05, 0.1) is 11.5 Å². The van der Waals surface area contributed by atoms with Crippen molar-refractivity contribution in [3.8, 4) is 0 Å². The highest BCUT2D eigenvalue weighted by Crippen LogP contribution is 2.26. The molecule has 0 heterocycles. The molecule has 1 unspecified atom stereocenters. The van der Waals surface area contributed by atoms with Crippen LogP contribution in [-0.4, -0.2) is 37.6 Å². The Kier molecular flexibility index (Phi) is 6.61. The van der Waals surface area contributed by atoms with Crippen molar-refractivity contribution in [1.82, 2.24) is 5.32 Å². The maximum atomic E-state index is 11.7. The van der Waals surface area contributed by atoms with Crippen LogP contribution in [0.3, 0.4) is 0 Å². The van der Waals surface area contributed by atoms with E-state index in [2.05, 4.69) is 10.6 Å². The Balaban J connectivity index is 3.10. The van der Waals surface area contributed by atoms with Gasteiger partial charge in [0, 0.05) is 31.8 Å². The number of hydrogen-bond donors (Lipinski definition) is 2. The van der Waals surface area contributed by atoms with Gasteiger partial charge in [0.15, 0.2) is 0 Å². The van der Waals surface area contributed by atoms with E-state index in [0.29, 0.717) is 17.9 Å². The zero-order valence-electron chi connectivity index (χ0n) is 12.5. The minimum atomic E-state index is -0.466. The number of hydrogen-bond acceptors (Lipinski definition) is 5. The van der Waals surface area contributed by atoms with Crippen LogP contribution in [0.25, 0.3) is 0 Å². The molecule has 0 aliphatic carbocycles. The molecule has 1 aromatic carbocycles. The van der Waals surface area contributed by atoms with Crippen molar-refractivity contribution in [1.29, 1.82) is 0 Å². The number of anilines is 1. The van der Waals surface area contributed by atoms with Gasteiger partial charge < -0.3 is 15.4 Å². The topological polar surface area (TPSA) is 93.5 Å². The van der Waals surface area contributed by atoms with Gasteiger partial charge in [-0.3, -0.25) is 14.9 Å². The van der Waals surface area contributed by atoms with E-state index in [9.17, 15) is 14.9 Å². The molecule has 1 amide bonds. The molecule has 1 aromatic rings. The molecule has 0 radical (unpaired) electrons. The molecule has 1 rings (SSSR count). The van der Waals surface area contributed by atoms with Gasteiger partial charge in [0.2, 0.25) is 0 Å². The SMILES string of the molecule is CCCC(COC)Nc1cc(C(=O)NC)ccc1[N+](=O)[O-]. The van der Waals surface area contributed by atoms with E-state index in [4.69, 9.17) is 4.74 Å². The molecule has 0 spiro atoms. The van der Waals surface area contributed by atoms with Crippen LogP contribution in [0.2, 0.25) is 0 Å². The first-order valence-corrected chi connectivity index (χ1v) is 6.79. The van der Waals surface area contributed by atoms with Crippen molar-refractivity contribution >= 4 is 17.3 Å². The summed E-state index contributed by atoms with van der Waals surface area (Å²) < 4.78 is 5.12. The first kappa shape index (κ1) is 16.9. The number of nitrogens with zero attached hydrogens (tertiary/aromatic N) is 1. The van der Waals surface area contributed by atoms with Crippen LogP contribution in [0.5, 0.6) is 0 Å². The fourth-order valence-electron chi connectivity index (χ4n) is 2.06. The first-order valence-electron chi connectivity index (χ1n) is 6.79. The summed E-state index contributed by atoms with van der Waals surface area (Å²) in [6.07, 6.45) is 1.74. The van der Waals surface area contributed by atoms with Crippen LogP contribution >= 0.6 is 0 Å². The van der Waals surface area contributed by atoms with Gasteiger partial charge in [-0.1, -0.05) is 13.3 Å². The van der Waals surface area contributed by atoms with Crippen molar-refractivity contribution < 1.29 is 14.5 Å². The van der Waals surface area contributed by atoms with E-state index in [1.807, 2.05) is 6.92 Å². The number of carbonyl (C=O) groups excluding carboxylic acids is 1. The highest BCUT2D eigenvalue weighted by atomic mass is 16.6. The average molecular weight is 295 g/mol. The lowest BCUT2D eigenvalue weighted by Crippen LogP contribution is -2.25. The molecule has 0 bridgehead atoms. The number of amides is 1. The zero-order chi connectivity index (χ0) is 15.8. The molecular weight excluding hydrogens is 274 g/mol. The van der Waals surface area contributed by atoms with Crippen LogP contribution in [-0.2, 0) is 4.74 Å². The smallest absolute Gasteiger partial charge is 0.292 e. The fraction of sp³-hybridized carbons (Fsp3) is 0.500. The number of carbonyl (C=O) groups is 1. The number of benzene rings is 1. The molecule has 1 atom stereocenters. The second kappa shape index (κ2) is 8.21. The van der Waals surface area contributed by atoms with Gasteiger partial charge in [0.25, 0.3) is 11.6 Å². The highest BCUT2D eigenvalue weighted by Gasteiger charge is 2.19. The Hall–Kier alpha value is -2.15. The van der Waals surface area contributed by atoms with Crippen molar-refractivity contribution in [3.05, 3.63) is 33.9 Å². The monoisotopic (exact) mass is 295 g/mol. The first-order chi connectivity index (χ1) is 10.0. The Labute approximate surface area is 123 Å². The van der Waals surface area contributed by atoms with Crippen LogP contribution in [0.15, 0.2) is 18.2 Å². The van der Waals surface area contributed by atoms with Crippen LogP contribution < -0.4 is 10.6 Å². The van der Waals surface area contributed by atoms with Crippen molar-refractivity contribution in [2.24, 2.45) is 0 Å². The van der Waals surface area contributed by atoms with Crippen LogP contribution in [0.1, 0.15) is 30.1 Å². The highest BCUT2D eigenvalue weighted by molar-refractivity contribution is 5.95. The van der Waals surface area contributed by atoms with Crippen LogP contribution in [0, 0.1) is 10.1 Å². The Morgan fingerprint density at radius 2 is 2.19 bits per heavy atom. The minimum Gasteiger partial charge on any atom is -0.383 e. The molecule has 7 nitrogen and oxygen atoms in total. The normalized spacial score (nSPS) is 11.8. The van der Waals surface area contributed by atoms with Gasteiger partial charge in [0.1, 0.15) is 5.69 Å². The standard InChI is InChI=1S/C14H21N3O4/c1-4-5-11(9-21-3)16-12-8-10(14(18)15-2)6-7-13(12)17(19)20/h6-8,11,16H,4-5,9H2,1-3H3,(H,15,18). The summed E-state index contributed by atoms with van der Waals surface area (Å²) in [5.41, 5.74) is 0.648. The molecular formula is C14H21N3O4. The lowest BCUT2D eigenvalue weighted by Gasteiger charge is -2.18. The second-order valence-corrected chi connectivity index (χ2v) is 4.65. The molecule has 21 heavy (non-hydrogen) atoms. The van der Waals surface area contributed by atoms with E-state index in [0.717, 1.165) is 12.8 Å². The average Bonchev–Trinajstić information content (AvgIpc) is 2.46. The third-order valence-electron chi connectivity index (χ3n) is 3.05. The van der Waals surface area contributed by atoms with Crippen molar-refractivity contribution in [2.45, 2.75) is 25.8 Å². The predicted octanol–water partition coefficient (Wildman–Crippen LogP) is 2.18. The number of nitrogens with one attached hydrogen (secondary N) is 2. The second-order valence-electron chi connectivity index (χ2n) is 4.65. The van der Waals surface area contributed by atoms with Gasteiger partial charge in [-0.15, -0.1) is 0 Å². The Morgan fingerprint density at radius 1 is 1.48 bits per heavy atom. The third kappa shape index (κ3) is 4.71. The fourth-order valence-corrected chi connectivity index (χ4v) is 2.06. The minimum absolute atomic E-state index is 0.0429. The number of nitro groups is 1. The summed E-state index contributed by atoms with van der Waals surface area (Å²) in [5.74, 6) is -0.285. The van der Waals surface area contributed by atoms with E-state index >= 15 is 0 Å². The number of nitro benzene ring substituents is 1. The summed E-state index contributed by atoms with van der Waals surface area (Å²) in [6.45, 7) is 2.47. The van der Waals surface area contributed by atoms with E-state index in [1.54, 1.807) is 7.11 Å². The Morgan fingerprint density at radius 3 is 2.71 bits per heavy atom. The van der Waals surface area contributed by atoms with Gasteiger partial charge in [-0.2, -0.15) is 0 Å². The quantitative estimate of drug-likeness (QED) is 0.566. The van der Waals surface area contributed by atoms with E-state index in [1.165, 1.54) is 25.2 Å². The molecule has 2 N–H and O–H groups in total. The maximum absolute atomic E-state index is 11.7. The molecule has 116 valence electrons. The summed E-state index contributed by atoms with van der Waals surface area (Å²) in [6, 6.07) is 4.23. The third-order valence-corrected chi connectivity index (χ3v) is 3.05. The number of ether oxygens (including phenoxy) is 1. The molecule has 0 fully saturated rings. The van der Waals surface area contributed by atoms with Gasteiger partial charge in [-0.25, -0.2) is 0 Å². The molecule has 7 heteroatoms. The summed E-state index contributed by atoms with van der Waals surface area (Å²) in [4.78, 5) is 22.3. The largest absolute Gasteiger partial charge is 0.383 e. The molecule has 0 aliphatic heterocycles. The van der Waals surface area contributed by atoms with E-state index < -0.39 is 4.92 Å². The molecule has 0 aromatic heterocycles. The summed E-state index contributed by atoms with van der Waals surface area (Å²) in [5, 5.41) is 16.7.